The van der Waals surface area contributed by atoms with E-state index in [0.717, 1.165) is 28.6 Å². The Bertz CT molecular complexity index is 314. The first-order valence-corrected chi connectivity index (χ1v) is 6.16. The van der Waals surface area contributed by atoms with E-state index in [0.29, 0.717) is 6.61 Å². The fourth-order valence-corrected chi connectivity index (χ4v) is 1.94. The predicted molar refractivity (Wildman–Crippen MR) is 67.1 cm³/mol. The summed E-state index contributed by atoms with van der Waals surface area (Å²) in [4.78, 5) is 0. The molecule has 0 radical (unpaired) electrons. The first-order chi connectivity index (χ1) is 7.19. The van der Waals surface area contributed by atoms with Gasteiger partial charge in [-0.05, 0) is 31.5 Å². The number of rotatable bonds is 5. The Kier molecular flexibility index (Phi) is 5.12. The molecule has 1 atom stereocenters. The van der Waals surface area contributed by atoms with Crippen LogP contribution in [0.3, 0.4) is 0 Å². The number of halogens is 1. The molecule has 0 aliphatic rings. The fourth-order valence-electron chi connectivity index (χ4n) is 1.56. The highest BCUT2D eigenvalue weighted by atomic mass is 79.9. The molecule has 0 fully saturated rings. The van der Waals surface area contributed by atoms with Crippen molar-refractivity contribution < 1.29 is 4.74 Å². The lowest BCUT2D eigenvalue weighted by Crippen LogP contribution is -2.11. The molecule has 3 heteroatoms. The summed E-state index contributed by atoms with van der Waals surface area (Å²) in [5, 5.41) is 0. The molecule has 0 saturated carbocycles. The van der Waals surface area contributed by atoms with Gasteiger partial charge in [-0.15, -0.1) is 0 Å². The molecule has 0 bridgehead atoms. The molecular weight excluding hydrogens is 254 g/mol. The average molecular weight is 272 g/mol. The van der Waals surface area contributed by atoms with Gasteiger partial charge >= 0.3 is 0 Å². The zero-order valence-electron chi connectivity index (χ0n) is 9.29. The van der Waals surface area contributed by atoms with Crippen LogP contribution < -0.4 is 10.5 Å². The molecular formula is C12H18BrNO. The van der Waals surface area contributed by atoms with Crippen molar-refractivity contribution in [3.05, 3.63) is 28.2 Å². The quantitative estimate of drug-likeness (QED) is 0.888. The zero-order chi connectivity index (χ0) is 11.3. The molecule has 0 amide bonds. The Morgan fingerprint density at radius 3 is 2.73 bits per heavy atom. The van der Waals surface area contributed by atoms with Gasteiger partial charge in [-0.25, -0.2) is 0 Å². The number of benzene rings is 1. The van der Waals surface area contributed by atoms with Crippen LogP contribution in [0.2, 0.25) is 0 Å². The second kappa shape index (κ2) is 6.13. The maximum absolute atomic E-state index is 6.10. The van der Waals surface area contributed by atoms with E-state index in [-0.39, 0.29) is 6.04 Å². The van der Waals surface area contributed by atoms with Crippen molar-refractivity contribution in [2.45, 2.75) is 32.7 Å². The predicted octanol–water partition coefficient (Wildman–Crippen LogP) is 3.65. The Balaban J connectivity index is 2.95. The third kappa shape index (κ3) is 3.50. The van der Waals surface area contributed by atoms with Crippen LogP contribution in [-0.2, 0) is 0 Å². The van der Waals surface area contributed by atoms with Gasteiger partial charge in [-0.3, -0.25) is 0 Å². The highest BCUT2D eigenvalue weighted by Crippen LogP contribution is 2.29. The largest absolute Gasteiger partial charge is 0.494 e. The summed E-state index contributed by atoms with van der Waals surface area (Å²) >= 11 is 3.46. The van der Waals surface area contributed by atoms with E-state index in [9.17, 15) is 0 Å². The summed E-state index contributed by atoms with van der Waals surface area (Å²) in [6.45, 7) is 4.79. The zero-order valence-corrected chi connectivity index (χ0v) is 10.9. The second-order valence-electron chi connectivity index (χ2n) is 3.51. The van der Waals surface area contributed by atoms with Gasteiger partial charge in [-0.2, -0.15) is 0 Å². The first kappa shape index (κ1) is 12.5. The van der Waals surface area contributed by atoms with Gasteiger partial charge in [0.1, 0.15) is 5.75 Å². The molecule has 2 nitrogen and oxygen atoms in total. The molecule has 84 valence electrons. The summed E-state index contributed by atoms with van der Waals surface area (Å²) in [5.74, 6) is 0.904. The molecule has 1 aromatic carbocycles. The molecule has 2 N–H and O–H groups in total. The highest BCUT2D eigenvalue weighted by Gasteiger charge is 2.11. The van der Waals surface area contributed by atoms with Crippen LogP contribution in [0.1, 0.15) is 38.3 Å². The van der Waals surface area contributed by atoms with Gasteiger partial charge < -0.3 is 10.5 Å². The van der Waals surface area contributed by atoms with Crippen LogP contribution in [0.15, 0.2) is 22.7 Å². The van der Waals surface area contributed by atoms with Crippen LogP contribution in [0.4, 0.5) is 0 Å². The number of hydrogen-bond donors (Lipinski definition) is 1. The summed E-state index contributed by atoms with van der Waals surface area (Å²) in [5.41, 5.74) is 7.20. The lowest BCUT2D eigenvalue weighted by Gasteiger charge is -2.16. The van der Waals surface area contributed by atoms with Crippen LogP contribution in [-0.4, -0.2) is 6.61 Å². The minimum Gasteiger partial charge on any atom is -0.494 e. The standard InChI is InChI=1S/C12H18BrNO/c1-3-5-11(14)10-8-9(13)6-7-12(10)15-4-2/h6-8,11H,3-5,14H2,1-2H3. The Hall–Kier alpha value is -0.540. The lowest BCUT2D eigenvalue weighted by molar-refractivity contribution is 0.333. The normalized spacial score (nSPS) is 12.5. The summed E-state index contributed by atoms with van der Waals surface area (Å²) in [6.07, 6.45) is 2.07. The van der Waals surface area contributed by atoms with Gasteiger partial charge in [0.2, 0.25) is 0 Å². The van der Waals surface area contributed by atoms with Crippen molar-refractivity contribution in [3.8, 4) is 5.75 Å². The van der Waals surface area contributed by atoms with Gasteiger partial charge in [0.25, 0.3) is 0 Å². The van der Waals surface area contributed by atoms with E-state index in [4.69, 9.17) is 10.5 Å². The first-order valence-electron chi connectivity index (χ1n) is 5.36. The second-order valence-corrected chi connectivity index (χ2v) is 4.43. The summed E-state index contributed by atoms with van der Waals surface area (Å²) < 4.78 is 6.61. The van der Waals surface area contributed by atoms with E-state index in [2.05, 4.69) is 22.9 Å². The van der Waals surface area contributed by atoms with E-state index < -0.39 is 0 Å². The van der Waals surface area contributed by atoms with Crippen molar-refractivity contribution in [2.75, 3.05) is 6.61 Å². The SMILES string of the molecule is CCCC(N)c1cc(Br)ccc1OCC. The van der Waals surface area contributed by atoms with Crippen LogP contribution in [0.25, 0.3) is 0 Å². The molecule has 1 unspecified atom stereocenters. The maximum atomic E-state index is 6.10. The van der Waals surface area contributed by atoms with Crippen molar-refractivity contribution >= 4 is 15.9 Å². The summed E-state index contributed by atoms with van der Waals surface area (Å²) in [6, 6.07) is 6.06. The van der Waals surface area contributed by atoms with Gasteiger partial charge in [-0.1, -0.05) is 29.3 Å². The molecule has 15 heavy (non-hydrogen) atoms. The molecule has 1 rings (SSSR count). The van der Waals surface area contributed by atoms with Crippen LogP contribution in [0.5, 0.6) is 5.75 Å². The molecule has 0 heterocycles. The molecule has 0 saturated heterocycles. The fraction of sp³-hybridized carbons (Fsp3) is 0.500. The smallest absolute Gasteiger partial charge is 0.124 e. The Morgan fingerprint density at radius 2 is 2.13 bits per heavy atom. The molecule has 0 aliphatic carbocycles. The monoisotopic (exact) mass is 271 g/mol. The van der Waals surface area contributed by atoms with Crippen molar-refractivity contribution in [2.24, 2.45) is 5.73 Å². The third-order valence-electron chi connectivity index (χ3n) is 2.27. The van der Waals surface area contributed by atoms with Crippen molar-refractivity contribution in [3.63, 3.8) is 0 Å². The summed E-state index contributed by atoms with van der Waals surface area (Å²) in [7, 11) is 0. The van der Waals surface area contributed by atoms with Crippen molar-refractivity contribution in [1.29, 1.82) is 0 Å². The van der Waals surface area contributed by atoms with E-state index in [1.54, 1.807) is 0 Å². The molecule has 1 aromatic rings. The van der Waals surface area contributed by atoms with Crippen LogP contribution in [0, 0.1) is 0 Å². The average Bonchev–Trinajstić information content (AvgIpc) is 2.21. The topological polar surface area (TPSA) is 35.2 Å². The molecule has 0 aromatic heterocycles. The van der Waals surface area contributed by atoms with Crippen molar-refractivity contribution in [1.82, 2.24) is 0 Å². The lowest BCUT2D eigenvalue weighted by atomic mass is 10.0. The highest BCUT2D eigenvalue weighted by molar-refractivity contribution is 9.10. The Labute approximate surface area is 99.9 Å². The van der Waals surface area contributed by atoms with Gasteiger partial charge in [0.15, 0.2) is 0 Å². The van der Waals surface area contributed by atoms with E-state index in [1.165, 1.54) is 0 Å². The maximum Gasteiger partial charge on any atom is 0.124 e. The minimum absolute atomic E-state index is 0.0639. The van der Waals surface area contributed by atoms with Gasteiger partial charge in [0, 0.05) is 16.1 Å². The number of nitrogens with two attached hydrogens (primary N) is 1. The van der Waals surface area contributed by atoms with Gasteiger partial charge in [0.05, 0.1) is 6.61 Å². The third-order valence-corrected chi connectivity index (χ3v) is 2.76. The van der Waals surface area contributed by atoms with Crippen LogP contribution >= 0.6 is 15.9 Å². The van der Waals surface area contributed by atoms with E-state index in [1.807, 2.05) is 25.1 Å². The number of hydrogen-bond acceptors (Lipinski definition) is 2. The minimum atomic E-state index is 0.0639. The molecule has 0 aliphatic heterocycles. The van der Waals surface area contributed by atoms with E-state index >= 15 is 0 Å². The number of ether oxygens (including phenoxy) is 1. The Morgan fingerprint density at radius 1 is 1.40 bits per heavy atom. The molecule has 0 spiro atoms.